The minimum absolute atomic E-state index is 0.0811. The van der Waals surface area contributed by atoms with Crippen LogP contribution in [0.25, 0.3) is 0 Å². The topological polar surface area (TPSA) is 84.2 Å². The first kappa shape index (κ1) is 16.5. The summed E-state index contributed by atoms with van der Waals surface area (Å²) in [7, 11) is -0.166. The lowest BCUT2D eigenvalue weighted by molar-refractivity contribution is 0.308. The number of aryl methyl sites for hydroxylation is 4. The molecule has 1 aliphatic carbocycles. The normalized spacial score (nSPS) is 17.8. The van der Waals surface area contributed by atoms with Gasteiger partial charge in [0, 0.05) is 33.4 Å². The van der Waals surface area contributed by atoms with Crippen LogP contribution in [0.5, 0.6) is 0 Å². The average molecular weight is 362 g/mol. The monoisotopic (exact) mass is 362 g/mol. The molecule has 8 nitrogen and oxygen atoms in total. The van der Waals surface area contributed by atoms with Crippen LogP contribution in [-0.2, 0) is 29.9 Å². The van der Waals surface area contributed by atoms with Gasteiger partial charge in [0.05, 0.1) is 11.7 Å². The van der Waals surface area contributed by atoms with Crippen molar-refractivity contribution in [2.45, 2.75) is 37.3 Å². The fraction of sp³-hybridized carbons (Fsp3) is 0.562. The van der Waals surface area contributed by atoms with Crippen LogP contribution in [0.2, 0.25) is 0 Å². The molecule has 0 saturated carbocycles. The third kappa shape index (κ3) is 2.71. The van der Waals surface area contributed by atoms with Crippen LogP contribution in [0.3, 0.4) is 0 Å². The highest BCUT2D eigenvalue weighted by Gasteiger charge is 2.38. The van der Waals surface area contributed by atoms with Gasteiger partial charge in [-0.25, -0.2) is 13.4 Å². The Hall–Kier alpha value is -2.00. The third-order valence-corrected chi connectivity index (χ3v) is 7.02. The van der Waals surface area contributed by atoms with Gasteiger partial charge in [-0.15, -0.1) is 5.10 Å². The molecule has 1 saturated heterocycles. The number of rotatable bonds is 4. The lowest BCUT2D eigenvalue weighted by Crippen LogP contribution is -2.60. The van der Waals surface area contributed by atoms with E-state index in [-0.39, 0.29) is 11.1 Å². The summed E-state index contributed by atoms with van der Waals surface area (Å²) in [6.45, 7) is 3.03. The molecule has 25 heavy (non-hydrogen) atoms. The molecule has 3 heterocycles. The van der Waals surface area contributed by atoms with E-state index in [0.717, 1.165) is 30.8 Å². The highest BCUT2D eigenvalue weighted by molar-refractivity contribution is 7.89. The minimum atomic E-state index is -3.58. The van der Waals surface area contributed by atoms with E-state index in [4.69, 9.17) is 0 Å². The Morgan fingerprint density at radius 1 is 1.24 bits per heavy atom. The summed E-state index contributed by atoms with van der Waals surface area (Å²) < 4.78 is 28.6. The van der Waals surface area contributed by atoms with Gasteiger partial charge in [-0.3, -0.25) is 0 Å². The summed E-state index contributed by atoms with van der Waals surface area (Å²) in [6.07, 6.45) is 4.77. The Labute approximate surface area is 147 Å². The van der Waals surface area contributed by atoms with Gasteiger partial charge in [0.25, 0.3) is 10.0 Å². The second-order valence-corrected chi connectivity index (χ2v) is 8.79. The number of aromatic nitrogens is 4. The smallest absolute Gasteiger partial charge is 0.262 e. The third-order valence-electron chi connectivity index (χ3n) is 5.24. The summed E-state index contributed by atoms with van der Waals surface area (Å²) in [5.41, 5.74) is 2.38. The zero-order chi connectivity index (χ0) is 17.8. The van der Waals surface area contributed by atoms with E-state index in [1.807, 2.05) is 0 Å². The Balaban J connectivity index is 1.46. The molecule has 0 bridgehead atoms. The summed E-state index contributed by atoms with van der Waals surface area (Å²) in [5.74, 6) is 1.52. The van der Waals surface area contributed by atoms with Crippen molar-refractivity contribution in [2.75, 3.05) is 25.0 Å². The minimum Gasteiger partial charge on any atom is -0.352 e. The zero-order valence-corrected chi connectivity index (χ0v) is 15.5. The Kier molecular flexibility index (Phi) is 3.80. The number of likely N-dealkylation sites (N-methyl/N-ethyl adjacent to an activating group) is 1. The van der Waals surface area contributed by atoms with Crippen LogP contribution >= 0.6 is 0 Å². The van der Waals surface area contributed by atoms with Crippen LogP contribution in [0, 0.1) is 6.92 Å². The van der Waals surface area contributed by atoms with E-state index < -0.39 is 10.0 Å². The van der Waals surface area contributed by atoms with Gasteiger partial charge in [-0.1, -0.05) is 0 Å². The number of imidazole rings is 1. The first-order valence-corrected chi connectivity index (χ1v) is 9.88. The van der Waals surface area contributed by atoms with Gasteiger partial charge >= 0.3 is 0 Å². The summed E-state index contributed by atoms with van der Waals surface area (Å²) in [6, 6.07) is 2.02. The maximum absolute atomic E-state index is 12.7. The first-order valence-electron chi connectivity index (χ1n) is 8.44. The van der Waals surface area contributed by atoms with E-state index in [1.54, 1.807) is 31.8 Å². The van der Waals surface area contributed by atoms with Crippen molar-refractivity contribution in [1.29, 1.82) is 0 Å². The second kappa shape index (κ2) is 5.77. The molecular weight excluding hydrogens is 340 g/mol. The molecule has 0 spiro atoms. The molecule has 0 N–H and O–H groups in total. The van der Waals surface area contributed by atoms with Crippen molar-refractivity contribution in [3.8, 4) is 0 Å². The van der Waals surface area contributed by atoms with Crippen LogP contribution in [0.4, 0.5) is 5.82 Å². The molecule has 1 fully saturated rings. The summed E-state index contributed by atoms with van der Waals surface area (Å²) in [5, 5.41) is 8.70. The average Bonchev–Trinajstić information content (AvgIpc) is 3.12. The first-order chi connectivity index (χ1) is 11.9. The molecule has 0 aromatic carbocycles. The van der Waals surface area contributed by atoms with Gasteiger partial charge < -0.3 is 9.47 Å². The van der Waals surface area contributed by atoms with E-state index >= 15 is 0 Å². The molecule has 2 aromatic rings. The standard InChI is InChI=1S/C16H22N6O2S/c1-11-17-16(10-20(11)2)25(23,24)21(3)13-8-22(9-13)15-7-12-5-4-6-14(12)18-19-15/h7,10,13H,4-6,8-9H2,1-3H3. The Morgan fingerprint density at radius 2 is 2.00 bits per heavy atom. The molecule has 4 rings (SSSR count). The Morgan fingerprint density at radius 3 is 2.68 bits per heavy atom. The van der Waals surface area contributed by atoms with Crippen molar-refractivity contribution in [3.63, 3.8) is 0 Å². The fourth-order valence-electron chi connectivity index (χ4n) is 3.34. The molecule has 2 aliphatic rings. The van der Waals surface area contributed by atoms with Gasteiger partial charge in [0.1, 0.15) is 5.82 Å². The second-order valence-electron chi connectivity index (χ2n) is 6.85. The number of fused-ring (bicyclic) bond motifs is 1. The predicted octanol–water partition coefficient (Wildman–Crippen LogP) is 0.517. The maximum Gasteiger partial charge on any atom is 0.262 e. The van der Waals surface area contributed by atoms with Crippen LogP contribution in [0.15, 0.2) is 17.3 Å². The number of hydrogen-bond acceptors (Lipinski definition) is 6. The molecule has 0 radical (unpaired) electrons. The van der Waals surface area contributed by atoms with E-state index in [1.165, 1.54) is 9.87 Å². The fourth-order valence-corrected chi connectivity index (χ4v) is 4.70. The molecule has 2 aromatic heterocycles. The van der Waals surface area contributed by atoms with Crippen molar-refractivity contribution < 1.29 is 8.42 Å². The molecule has 134 valence electrons. The number of sulfonamides is 1. The molecule has 9 heteroatoms. The van der Waals surface area contributed by atoms with E-state index in [2.05, 4.69) is 26.1 Å². The highest BCUT2D eigenvalue weighted by Crippen LogP contribution is 2.28. The van der Waals surface area contributed by atoms with Gasteiger partial charge in [0.15, 0.2) is 10.8 Å². The van der Waals surface area contributed by atoms with Gasteiger partial charge in [-0.05, 0) is 37.8 Å². The largest absolute Gasteiger partial charge is 0.352 e. The van der Waals surface area contributed by atoms with Gasteiger partial charge in [0.2, 0.25) is 0 Å². The van der Waals surface area contributed by atoms with Crippen LogP contribution in [0.1, 0.15) is 23.5 Å². The van der Waals surface area contributed by atoms with Crippen LogP contribution < -0.4 is 4.90 Å². The number of nitrogens with zero attached hydrogens (tertiary/aromatic N) is 6. The van der Waals surface area contributed by atoms with E-state index in [9.17, 15) is 8.42 Å². The lowest BCUT2D eigenvalue weighted by atomic mass is 10.1. The molecule has 0 atom stereocenters. The van der Waals surface area contributed by atoms with Crippen molar-refractivity contribution >= 4 is 15.8 Å². The molecule has 0 unspecified atom stereocenters. The molecule has 0 amide bonds. The van der Waals surface area contributed by atoms with Crippen LogP contribution in [-0.4, -0.2) is 58.7 Å². The predicted molar refractivity (Wildman–Crippen MR) is 93.0 cm³/mol. The maximum atomic E-state index is 12.7. The molecule has 1 aliphatic heterocycles. The van der Waals surface area contributed by atoms with Crippen molar-refractivity contribution in [1.82, 2.24) is 24.1 Å². The Bertz CT molecular complexity index is 897. The number of hydrogen-bond donors (Lipinski definition) is 0. The van der Waals surface area contributed by atoms with Gasteiger partial charge in [-0.2, -0.15) is 9.40 Å². The SMILES string of the molecule is Cc1nc(S(=O)(=O)N(C)C2CN(c3cc4c(nn3)CCC4)C2)cn1C. The van der Waals surface area contributed by atoms with Crippen molar-refractivity contribution in [3.05, 3.63) is 29.3 Å². The highest BCUT2D eigenvalue weighted by atomic mass is 32.2. The van der Waals surface area contributed by atoms with E-state index in [0.29, 0.717) is 18.9 Å². The summed E-state index contributed by atoms with van der Waals surface area (Å²) in [4.78, 5) is 6.23. The van der Waals surface area contributed by atoms with Crippen molar-refractivity contribution in [2.24, 2.45) is 7.05 Å². The number of anilines is 1. The zero-order valence-electron chi connectivity index (χ0n) is 14.7. The lowest BCUT2D eigenvalue weighted by Gasteiger charge is -2.43. The summed E-state index contributed by atoms with van der Waals surface area (Å²) >= 11 is 0. The quantitative estimate of drug-likeness (QED) is 0.788. The molecular formula is C16H22N6O2S.